The van der Waals surface area contributed by atoms with Gasteiger partial charge in [0.1, 0.15) is 0 Å². The van der Waals surface area contributed by atoms with E-state index in [1.807, 2.05) is 0 Å². The average Bonchev–Trinajstić information content (AvgIpc) is 2.79. The van der Waals surface area contributed by atoms with Gasteiger partial charge in [0, 0.05) is 24.0 Å². The lowest BCUT2D eigenvalue weighted by atomic mass is 10.1. The molecule has 0 aromatic carbocycles. The summed E-state index contributed by atoms with van der Waals surface area (Å²) in [4.78, 5) is 7.86. The van der Waals surface area contributed by atoms with Crippen molar-refractivity contribution in [2.75, 3.05) is 27.7 Å². The molecule has 0 saturated heterocycles. The summed E-state index contributed by atoms with van der Waals surface area (Å²) in [6, 6.07) is 4.63. The third-order valence-electron chi connectivity index (χ3n) is 2.67. The summed E-state index contributed by atoms with van der Waals surface area (Å²) in [7, 11) is 6.01. The van der Waals surface area contributed by atoms with Crippen LogP contribution in [0.4, 0.5) is 0 Å². The molecule has 0 fully saturated rings. The SMILES string of the molecule is CN=C(NCC(c1cccs1)N(C)C)NC(C)(C)C.I. The monoisotopic (exact) mass is 410 g/mol. The van der Waals surface area contributed by atoms with Crippen LogP contribution < -0.4 is 10.6 Å². The van der Waals surface area contributed by atoms with Gasteiger partial charge in [0.05, 0.1) is 6.04 Å². The maximum absolute atomic E-state index is 4.27. The zero-order valence-corrected chi connectivity index (χ0v) is 16.4. The summed E-state index contributed by atoms with van der Waals surface area (Å²) in [5.41, 5.74) is 0.0123. The molecule has 1 rings (SSSR count). The van der Waals surface area contributed by atoms with Crippen LogP contribution in [0.15, 0.2) is 22.5 Å². The molecule has 0 spiro atoms. The third-order valence-corrected chi connectivity index (χ3v) is 3.65. The maximum atomic E-state index is 4.27. The lowest BCUT2D eigenvalue weighted by molar-refractivity contribution is 0.301. The number of hydrogen-bond acceptors (Lipinski definition) is 3. The van der Waals surface area contributed by atoms with E-state index in [9.17, 15) is 0 Å². The van der Waals surface area contributed by atoms with Crippen molar-refractivity contribution in [3.63, 3.8) is 0 Å². The van der Waals surface area contributed by atoms with Gasteiger partial charge in [0.15, 0.2) is 5.96 Å². The summed E-state index contributed by atoms with van der Waals surface area (Å²) in [5.74, 6) is 0.843. The van der Waals surface area contributed by atoms with E-state index >= 15 is 0 Å². The van der Waals surface area contributed by atoms with Crippen LogP contribution in [-0.2, 0) is 0 Å². The lowest BCUT2D eigenvalue weighted by Gasteiger charge is -2.27. The number of halogens is 1. The number of aliphatic imine (C=N–C) groups is 1. The zero-order chi connectivity index (χ0) is 14.5. The van der Waals surface area contributed by atoms with Gasteiger partial charge in [-0.1, -0.05) is 6.07 Å². The van der Waals surface area contributed by atoms with Gasteiger partial charge in [-0.15, -0.1) is 35.3 Å². The molecule has 0 amide bonds. The standard InChI is InChI=1S/C14H26N4S.HI/c1-14(2,3)17-13(15-4)16-10-11(18(5)6)12-8-7-9-19-12;/h7-9,11H,10H2,1-6H3,(H2,15,16,17);1H. The summed E-state index contributed by atoms with van der Waals surface area (Å²) < 4.78 is 0. The van der Waals surface area contributed by atoms with Gasteiger partial charge >= 0.3 is 0 Å². The van der Waals surface area contributed by atoms with Gasteiger partial charge in [-0.25, -0.2) is 0 Å². The van der Waals surface area contributed by atoms with E-state index in [0.29, 0.717) is 6.04 Å². The summed E-state index contributed by atoms with van der Waals surface area (Å²) in [6.45, 7) is 7.22. The fourth-order valence-electron chi connectivity index (χ4n) is 1.75. The molecule has 1 unspecified atom stereocenters. The van der Waals surface area contributed by atoms with Crippen molar-refractivity contribution < 1.29 is 0 Å². The first-order valence-electron chi connectivity index (χ1n) is 6.52. The second-order valence-corrected chi connectivity index (χ2v) is 6.80. The molecule has 1 atom stereocenters. The maximum Gasteiger partial charge on any atom is 0.191 e. The number of likely N-dealkylation sites (N-methyl/N-ethyl adjacent to an activating group) is 1. The Bertz CT molecular complexity index is 396. The molecule has 1 aromatic rings. The van der Waals surface area contributed by atoms with Crippen LogP contribution in [0.2, 0.25) is 0 Å². The number of rotatable bonds is 4. The minimum Gasteiger partial charge on any atom is -0.354 e. The van der Waals surface area contributed by atoms with E-state index in [2.05, 4.69) is 72.9 Å². The number of guanidine groups is 1. The molecule has 0 aliphatic carbocycles. The van der Waals surface area contributed by atoms with Crippen LogP contribution >= 0.6 is 35.3 Å². The molecule has 6 heteroatoms. The summed E-state index contributed by atoms with van der Waals surface area (Å²) in [6.07, 6.45) is 0. The van der Waals surface area contributed by atoms with Crippen LogP contribution in [0.25, 0.3) is 0 Å². The predicted octanol–water partition coefficient (Wildman–Crippen LogP) is 2.93. The van der Waals surface area contributed by atoms with Crippen LogP contribution in [0.5, 0.6) is 0 Å². The second kappa shape index (κ2) is 8.84. The van der Waals surface area contributed by atoms with E-state index in [1.165, 1.54) is 4.88 Å². The average molecular weight is 410 g/mol. The molecule has 0 aliphatic heterocycles. The van der Waals surface area contributed by atoms with Crippen molar-refractivity contribution in [3.05, 3.63) is 22.4 Å². The van der Waals surface area contributed by atoms with Crippen molar-refractivity contribution >= 4 is 41.3 Å². The minimum atomic E-state index is 0. The summed E-state index contributed by atoms with van der Waals surface area (Å²) in [5, 5.41) is 8.89. The highest BCUT2D eigenvalue weighted by molar-refractivity contribution is 14.0. The van der Waals surface area contributed by atoms with Gasteiger partial charge in [0.25, 0.3) is 0 Å². The van der Waals surface area contributed by atoms with Gasteiger partial charge in [0.2, 0.25) is 0 Å². The fraction of sp³-hybridized carbons (Fsp3) is 0.643. The molecule has 0 saturated carbocycles. The van der Waals surface area contributed by atoms with Crippen LogP contribution in [0.3, 0.4) is 0 Å². The van der Waals surface area contributed by atoms with Crippen LogP contribution in [0.1, 0.15) is 31.7 Å². The predicted molar refractivity (Wildman–Crippen MR) is 100 cm³/mol. The molecular formula is C14H27IN4S. The van der Waals surface area contributed by atoms with E-state index < -0.39 is 0 Å². The second-order valence-electron chi connectivity index (χ2n) is 5.82. The van der Waals surface area contributed by atoms with E-state index in [-0.39, 0.29) is 29.5 Å². The number of thiophene rings is 1. The Hall–Kier alpha value is -0.340. The molecule has 1 aromatic heterocycles. The van der Waals surface area contributed by atoms with E-state index in [4.69, 9.17) is 0 Å². The number of nitrogens with zero attached hydrogens (tertiary/aromatic N) is 2. The molecule has 116 valence electrons. The quantitative estimate of drug-likeness (QED) is 0.456. The smallest absolute Gasteiger partial charge is 0.191 e. The van der Waals surface area contributed by atoms with Gasteiger partial charge in [-0.05, 0) is 46.3 Å². The first kappa shape index (κ1) is 19.7. The normalized spacial score (nSPS) is 13.8. The highest BCUT2D eigenvalue weighted by atomic mass is 127. The summed E-state index contributed by atoms with van der Waals surface area (Å²) >= 11 is 1.79. The Morgan fingerprint density at radius 2 is 2.05 bits per heavy atom. The van der Waals surface area contributed by atoms with Gasteiger partial charge in [-0.3, -0.25) is 4.99 Å². The first-order chi connectivity index (χ1) is 8.83. The molecule has 2 N–H and O–H groups in total. The molecule has 4 nitrogen and oxygen atoms in total. The Balaban J connectivity index is 0.00000361. The Morgan fingerprint density at radius 3 is 2.45 bits per heavy atom. The highest BCUT2D eigenvalue weighted by Gasteiger charge is 2.17. The van der Waals surface area contributed by atoms with Crippen molar-refractivity contribution in [1.82, 2.24) is 15.5 Å². The number of nitrogens with one attached hydrogen (secondary N) is 2. The van der Waals surface area contributed by atoms with Crippen molar-refractivity contribution in [2.45, 2.75) is 32.4 Å². The minimum absolute atomic E-state index is 0. The van der Waals surface area contributed by atoms with Crippen molar-refractivity contribution in [1.29, 1.82) is 0 Å². The Kier molecular flexibility index (Phi) is 8.69. The number of hydrogen-bond donors (Lipinski definition) is 2. The first-order valence-corrected chi connectivity index (χ1v) is 7.40. The van der Waals surface area contributed by atoms with Crippen molar-refractivity contribution in [2.24, 2.45) is 4.99 Å². The van der Waals surface area contributed by atoms with Crippen LogP contribution in [0, 0.1) is 0 Å². The Morgan fingerprint density at radius 1 is 1.40 bits per heavy atom. The lowest BCUT2D eigenvalue weighted by Crippen LogP contribution is -2.49. The van der Waals surface area contributed by atoms with Gasteiger partial charge < -0.3 is 15.5 Å². The fourth-order valence-corrected chi connectivity index (χ4v) is 2.67. The largest absolute Gasteiger partial charge is 0.354 e. The molecule has 0 radical (unpaired) electrons. The molecule has 1 heterocycles. The zero-order valence-electron chi connectivity index (χ0n) is 13.2. The van der Waals surface area contributed by atoms with Crippen molar-refractivity contribution in [3.8, 4) is 0 Å². The topological polar surface area (TPSA) is 39.7 Å². The van der Waals surface area contributed by atoms with E-state index in [1.54, 1.807) is 18.4 Å². The molecule has 20 heavy (non-hydrogen) atoms. The molecule has 0 bridgehead atoms. The molecular weight excluding hydrogens is 383 g/mol. The third kappa shape index (κ3) is 6.90. The molecule has 0 aliphatic rings. The Labute approximate surface area is 144 Å². The highest BCUT2D eigenvalue weighted by Crippen LogP contribution is 2.22. The van der Waals surface area contributed by atoms with Crippen LogP contribution in [-0.4, -0.2) is 44.1 Å². The van der Waals surface area contributed by atoms with E-state index in [0.717, 1.165) is 12.5 Å². The van der Waals surface area contributed by atoms with Gasteiger partial charge in [-0.2, -0.15) is 0 Å².